The molecule has 0 radical (unpaired) electrons. The molecule has 0 bridgehead atoms. The van der Waals surface area contributed by atoms with Gasteiger partial charge in [0, 0.05) is 10.5 Å². The molecule has 1 aromatic rings. The number of nitrogens with one attached hydrogen (secondary N) is 1. The predicted octanol–water partition coefficient (Wildman–Crippen LogP) is 1.56. The average Bonchev–Trinajstić information content (AvgIpc) is 2.15. The van der Waals surface area contributed by atoms with E-state index in [1.54, 1.807) is 24.3 Å². The van der Waals surface area contributed by atoms with Gasteiger partial charge in [0.15, 0.2) is 5.78 Å². The number of primary amides is 1. The zero-order valence-electron chi connectivity index (χ0n) is 7.61. The first-order chi connectivity index (χ1) is 6.59. The number of hydrogen-bond acceptors (Lipinski definition) is 3. The normalized spacial score (nSPS) is 9.50. The third kappa shape index (κ3) is 3.10. The van der Waals surface area contributed by atoms with Crippen molar-refractivity contribution in [3.05, 3.63) is 29.8 Å². The van der Waals surface area contributed by atoms with Gasteiger partial charge in [-0.1, -0.05) is 12.1 Å². The van der Waals surface area contributed by atoms with E-state index in [0.717, 1.165) is 16.8 Å². The lowest BCUT2D eigenvalue weighted by Gasteiger charge is -2.01. The van der Waals surface area contributed by atoms with Crippen LogP contribution in [0.25, 0.3) is 0 Å². The van der Waals surface area contributed by atoms with E-state index in [2.05, 4.69) is 4.72 Å². The van der Waals surface area contributed by atoms with Crippen LogP contribution in [0.15, 0.2) is 29.2 Å². The minimum Gasteiger partial charge on any atom is -0.351 e. The Kier molecular flexibility index (Phi) is 3.53. The number of hydrogen-bond donors (Lipinski definition) is 2. The number of benzene rings is 1. The number of carbonyl (C=O) groups is 2. The smallest absolute Gasteiger partial charge is 0.322 e. The Balaban J connectivity index is 2.64. The van der Waals surface area contributed by atoms with E-state index in [0.29, 0.717) is 5.56 Å². The highest BCUT2D eigenvalue weighted by atomic mass is 32.2. The maximum atomic E-state index is 10.9. The highest BCUT2D eigenvalue weighted by Crippen LogP contribution is 2.15. The second-order valence-electron chi connectivity index (χ2n) is 2.65. The second-order valence-corrected chi connectivity index (χ2v) is 3.53. The minimum atomic E-state index is -0.592. The summed E-state index contributed by atoms with van der Waals surface area (Å²) in [6, 6.07) is 6.31. The van der Waals surface area contributed by atoms with Crippen molar-refractivity contribution in [2.45, 2.75) is 11.8 Å². The summed E-state index contributed by atoms with van der Waals surface area (Å²) in [5.41, 5.74) is 5.54. The van der Waals surface area contributed by atoms with Crippen LogP contribution < -0.4 is 10.5 Å². The first kappa shape index (κ1) is 10.6. The topological polar surface area (TPSA) is 72.2 Å². The summed E-state index contributed by atoms with van der Waals surface area (Å²) in [4.78, 5) is 22.1. The van der Waals surface area contributed by atoms with Crippen LogP contribution >= 0.6 is 11.9 Å². The SMILES string of the molecule is CC(=O)c1ccc(SNC(N)=O)cc1. The van der Waals surface area contributed by atoms with Gasteiger partial charge in [-0.25, -0.2) is 4.79 Å². The number of amides is 2. The van der Waals surface area contributed by atoms with Crippen LogP contribution in [0.4, 0.5) is 4.79 Å². The van der Waals surface area contributed by atoms with Crippen LogP contribution in [0.3, 0.4) is 0 Å². The molecule has 14 heavy (non-hydrogen) atoms. The predicted molar refractivity (Wildman–Crippen MR) is 55.0 cm³/mol. The number of rotatable bonds is 3. The van der Waals surface area contributed by atoms with Crippen molar-refractivity contribution in [1.82, 2.24) is 4.72 Å². The molecule has 0 aliphatic heterocycles. The van der Waals surface area contributed by atoms with Crippen molar-refractivity contribution in [2.75, 3.05) is 0 Å². The third-order valence-electron chi connectivity index (χ3n) is 1.53. The summed E-state index contributed by atoms with van der Waals surface area (Å²) in [5, 5.41) is 0. The molecule has 0 aliphatic carbocycles. The Bertz CT molecular complexity index is 348. The van der Waals surface area contributed by atoms with Gasteiger partial charge in [0.25, 0.3) is 0 Å². The van der Waals surface area contributed by atoms with Crippen LogP contribution in [0.1, 0.15) is 17.3 Å². The van der Waals surface area contributed by atoms with E-state index in [-0.39, 0.29) is 5.78 Å². The van der Waals surface area contributed by atoms with Crippen molar-refractivity contribution in [3.63, 3.8) is 0 Å². The van der Waals surface area contributed by atoms with Crippen LogP contribution in [0, 0.1) is 0 Å². The molecular formula is C9H10N2O2S. The van der Waals surface area contributed by atoms with Crippen molar-refractivity contribution < 1.29 is 9.59 Å². The van der Waals surface area contributed by atoms with Crippen molar-refractivity contribution >= 4 is 23.8 Å². The fraction of sp³-hybridized carbons (Fsp3) is 0.111. The summed E-state index contributed by atoms with van der Waals surface area (Å²) < 4.78 is 2.38. The molecule has 0 aromatic heterocycles. The van der Waals surface area contributed by atoms with Gasteiger partial charge in [-0.3, -0.25) is 9.52 Å². The molecule has 1 aromatic carbocycles. The van der Waals surface area contributed by atoms with Crippen LogP contribution in [0.5, 0.6) is 0 Å². The van der Waals surface area contributed by atoms with E-state index < -0.39 is 6.03 Å². The molecule has 0 fully saturated rings. The minimum absolute atomic E-state index is 0.0180. The molecule has 0 heterocycles. The van der Waals surface area contributed by atoms with Gasteiger partial charge in [-0.2, -0.15) is 0 Å². The fourth-order valence-electron chi connectivity index (χ4n) is 0.867. The molecule has 74 valence electrons. The largest absolute Gasteiger partial charge is 0.351 e. The average molecular weight is 210 g/mol. The Labute approximate surface area is 86.0 Å². The van der Waals surface area contributed by atoms with Gasteiger partial charge >= 0.3 is 6.03 Å². The van der Waals surface area contributed by atoms with Crippen molar-refractivity contribution in [2.24, 2.45) is 5.73 Å². The summed E-state index contributed by atoms with van der Waals surface area (Å²) >= 11 is 1.11. The molecule has 5 heteroatoms. The lowest BCUT2D eigenvalue weighted by atomic mass is 10.2. The summed E-state index contributed by atoms with van der Waals surface area (Å²) in [7, 11) is 0. The molecule has 0 spiro atoms. The van der Waals surface area contributed by atoms with E-state index in [1.165, 1.54) is 6.92 Å². The van der Waals surface area contributed by atoms with E-state index in [4.69, 9.17) is 5.73 Å². The van der Waals surface area contributed by atoms with E-state index in [1.807, 2.05) is 0 Å². The summed E-state index contributed by atoms with van der Waals surface area (Å²) in [6.45, 7) is 1.50. The molecule has 4 nitrogen and oxygen atoms in total. The van der Waals surface area contributed by atoms with Gasteiger partial charge in [0.2, 0.25) is 0 Å². The zero-order valence-corrected chi connectivity index (χ0v) is 8.43. The number of Topliss-reactive ketones (excluding diaryl/α,β-unsaturated/α-hetero) is 1. The monoisotopic (exact) mass is 210 g/mol. The quantitative estimate of drug-likeness (QED) is 0.587. The van der Waals surface area contributed by atoms with Gasteiger partial charge in [-0.05, 0) is 31.0 Å². The summed E-state index contributed by atoms with van der Waals surface area (Å²) in [6.07, 6.45) is 0. The standard InChI is InChI=1S/C9H10N2O2S/c1-6(12)7-2-4-8(5-3-7)14-11-9(10)13/h2-5H,1H3,(H3,10,11,13). The Hall–Kier alpha value is -1.49. The molecule has 2 amide bonds. The summed E-state index contributed by atoms with van der Waals surface area (Å²) in [5.74, 6) is 0.0180. The van der Waals surface area contributed by atoms with E-state index >= 15 is 0 Å². The van der Waals surface area contributed by atoms with Crippen LogP contribution in [-0.4, -0.2) is 11.8 Å². The molecule has 1 rings (SSSR count). The van der Waals surface area contributed by atoms with Crippen LogP contribution in [0.2, 0.25) is 0 Å². The molecule has 0 aliphatic rings. The Morgan fingerprint density at radius 1 is 1.29 bits per heavy atom. The zero-order chi connectivity index (χ0) is 10.6. The number of urea groups is 1. The van der Waals surface area contributed by atoms with Crippen LogP contribution in [-0.2, 0) is 0 Å². The molecule has 0 atom stereocenters. The first-order valence-electron chi connectivity index (χ1n) is 3.93. The number of carbonyl (C=O) groups excluding carboxylic acids is 2. The van der Waals surface area contributed by atoms with Gasteiger partial charge in [-0.15, -0.1) is 0 Å². The maximum Gasteiger partial charge on any atom is 0.322 e. The van der Waals surface area contributed by atoms with Gasteiger partial charge in [0.1, 0.15) is 0 Å². The molecule has 0 saturated heterocycles. The number of ketones is 1. The highest BCUT2D eigenvalue weighted by Gasteiger charge is 1.99. The molecular weight excluding hydrogens is 200 g/mol. The lowest BCUT2D eigenvalue weighted by Crippen LogP contribution is -2.22. The highest BCUT2D eigenvalue weighted by molar-refractivity contribution is 7.98. The fourth-order valence-corrected chi connectivity index (χ4v) is 1.36. The van der Waals surface area contributed by atoms with Gasteiger partial charge in [0.05, 0.1) is 0 Å². The maximum absolute atomic E-state index is 10.9. The first-order valence-corrected chi connectivity index (χ1v) is 4.74. The lowest BCUT2D eigenvalue weighted by molar-refractivity contribution is 0.101. The van der Waals surface area contributed by atoms with Gasteiger partial charge < -0.3 is 5.73 Å². The van der Waals surface area contributed by atoms with Crippen molar-refractivity contribution in [3.8, 4) is 0 Å². The number of nitrogens with two attached hydrogens (primary N) is 1. The second kappa shape index (κ2) is 4.66. The molecule has 0 unspecified atom stereocenters. The molecule has 3 N–H and O–H groups in total. The molecule has 0 saturated carbocycles. The Morgan fingerprint density at radius 3 is 2.29 bits per heavy atom. The van der Waals surface area contributed by atoms with E-state index in [9.17, 15) is 9.59 Å². The Morgan fingerprint density at radius 2 is 1.86 bits per heavy atom. The van der Waals surface area contributed by atoms with Crippen molar-refractivity contribution in [1.29, 1.82) is 0 Å². The third-order valence-corrected chi connectivity index (χ3v) is 2.34.